The summed E-state index contributed by atoms with van der Waals surface area (Å²) in [7, 11) is 0. The van der Waals surface area contributed by atoms with Crippen molar-refractivity contribution in [1.29, 1.82) is 0 Å². The maximum Gasteiger partial charge on any atom is 0.0468 e. The predicted octanol–water partition coefficient (Wildman–Crippen LogP) is 3.39. The van der Waals surface area contributed by atoms with Crippen molar-refractivity contribution in [1.82, 2.24) is 5.32 Å². The van der Waals surface area contributed by atoms with Gasteiger partial charge in [0, 0.05) is 22.6 Å². The molecule has 1 aromatic heterocycles. The van der Waals surface area contributed by atoms with Gasteiger partial charge in [0.25, 0.3) is 0 Å². The summed E-state index contributed by atoms with van der Waals surface area (Å²) in [4.78, 5) is 1.32. The van der Waals surface area contributed by atoms with Crippen LogP contribution in [0.2, 0.25) is 0 Å². The van der Waals surface area contributed by atoms with Gasteiger partial charge in [0.05, 0.1) is 0 Å². The first-order valence-electron chi connectivity index (χ1n) is 7.29. The Bertz CT molecular complexity index is 416. The topological polar surface area (TPSA) is 38.0 Å². The van der Waals surface area contributed by atoms with E-state index in [0.29, 0.717) is 5.54 Å². The van der Waals surface area contributed by atoms with Crippen LogP contribution in [0.3, 0.4) is 0 Å². The third-order valence-electron chi connectivity index (χ3n) is 5.44. The largest absolute Gasteiger partial charge is 0.398 e. The summed E-state index contributed by atoms with van der Waals surface area (Å²) in [6.07, 6.45) is 8.81. The van der Waals surface area contributed by atoms with Gasteiger partial charge in [-0.25, -0.2) is 0 Å². The second kappa shape index (κ2) is 3.97. The molecule has 98 valence electrons. The highest BCUT2D eigenvalue weighted by Gasteiger charge is 2.50. The Morgan fingerprint density at radius 2 is 1.78 bits per heavy atom. The van der Waals surface area contributed by atoms with E-state index in [1.54, 1.807) is 11.3 Å². The van der Waals surface area contributed by atoms with Crippen molar-refractivity contribution in [3.8, 4) is 0 Å². The van der Waals surface area contributed by atoms with Crippen molar-refractivity contribution >= 4 is 17.0 Å². The Morgan fingerprint density at radius 3 is 2.28 bits per heavy atom. The zero-order chi connectivity index (χ0) is 12.2. The molecule has 0 saturated heterocycles. The lowest BCUT2D eigenvalue weighted by Crippen LogP contribution is -2.58. The van der Waals surface area contributed by atoms with Gasteiger partial charge >= 0.3 is 0 Å². The number of anilines is 1. The minimum absolute atomic E-state index is 0.463. The minimum Gasteiger partial charge on any atom is -0.398 e. The summed E-state index contributed by atoms with van der Waals surface area (Å²) in [6.45, 7) is 0.982. The highest BCUT2D eigenvalue weighted by atomic mass is 32.1. The number of nitrogens with one attached hydrogen (secondary N) is 1. The van der Waals surface area contributed by atoms with E-state index in [1.807, 2.05) is 6.07 Å². The van der Waals surface area contributed by atoms with E-state index in [0.717, 1.165) is 30.0 Å². The summed E-state index contributed by atoms with van der Waals surface area (Å²) in [5, 5.41) is 6.00. The fraction of sp³-hybridized carbons (Fsp3) is 0.733. The number of nitrogen functional groups attached to an aromatic ring is 1. The van der Waals surface area contributed by atoms with E-state index in [1.165, 1.54) is 43.4 Å². The lowest BCUT2D eigenvalue weighted by atomic mass is 9.53. The molecular weight excluding hydrogens is 240 g/mol. The van der Waals surface area contributed by atoms with Gasteiger partial charge in [-0.05, 0) is 67.7 Å². The molecule has 3 N–H and O–H groups in total. The molecule has 4 saturated carbocycles. The second-order valence-electron chi connectivity index (χ2n) is 6.85. The van der Waals surface area contributed by atoms with Crippen LogP contribution < -0.4 is 11.1 Å². The van der Waals surface area contributed by atoms with Gasteiger partial charge in [-0.1, -0.05) is 0 Å². The van der Waals surface area contributed by atoms with E-state index >= 15 is 0 Å². The van der Waals surface area contributed by atoms with Gasteiger partial charge in [0.2, 0.25) is 0 Å². The molecule has 4 bridgehead atoms. The first-order valence-corrected chi connectivity index (χ1v) is 8.17. The minimum atomic E-state index is 0.463. The number of thiophene rings is 1. The van der Waals surface area contributed by atoms with Crippen molar-refractivity contribution in [2.75, 3.05) is 5.73 Å². The highest BCUT2D eigenvalue weighted by Crippen LogP contribution is 2.55. The van der Waals surface area contributed by atoms with Crippen molar-refractivity contribution in [3.63, 3.8) is 0 Å². The molecule has 0 atom stereocenters. The van der Waals surface area contributed by atoms with Gasteiger partial charge in [-0.15, -0.1) is 11.3 Å². The summed E-state index contributed by atoms with van der Waals surface area (Å²) in [6, 6.07) is 2.03. The average Bonchev–Trinajstić information content (AvgIpc) is 2.70. The maximum absolute atomic E-state index is 5.99. The zero-order valence-corrected chi connectivity index (χ0v) is 11.6. The third-order valence-corrected chi connectivity index (χ3v) is 6.38. The third kappa shape index (κ3) is 1.79. The summed E-state index contributed by atoms with van der Waals surface area (Å²) in [5.74, 6) is 3.05. The van der Waals surface area contributed by atoms with Crippen molar-refractivity contribution in [2.45, 2.75) is 50.6 Å². The molecule has 1 aromatic rings. The first kappa shape index (κ1) is 11.3. The van der Waals surface area contributed by atoms with Crippen LogP contribution in [-0.2, 0) is 6.54 Å². The van der Waals surface area contributed by atoms with Crippen LogP contribution in [0.15, 0.2) is 11.4 Å². The first-order chi connectivity index (χ1) is 8.72. The van der Waals surface area contributed by atoms with Gasteiger partial charge in [-0.3, -0.25) is 0 Å². The number of hydrogen-bond acceptors (Lipinski definition) is 3. The van der Waals surface area contributed by atoms with Gasteiger partial charge < -0.3 is 11.1 Å². The molecular formula is C15H22N2S. The molecule has 5 rings (SSSR count). The lowest BCUT2D eigenvalue weighted by molar-refractivity contribution is -0.0204. The molecule has 0 aromatic carbocycles. The van der Waals surface area contributed by atoms with Crippen LogP contribution in [0.25, 0.3) is 0 Å². The molecule has 0 spiro atoms. The van der Waals surface area contributed by atoms with E-state index in [2.05, 4.69) is 10.7 Å². The molecule has 2 nitrogen and oxygen atoms in total. The average molecular weight is 262 g/mol. The van der Waals surface area contributed by atoms with E-state index in [4.69, 9.17) is 5.73 Å². The van der Waals surface area contributed by atoms with E-state index < -0.39 is 0 Å². The van der Waals surface area contributed by atoms with Crippen molar-refractivity contribution < 1.29 is 0 Å². The lowest BCUT2D eigenvalue weighted by Gasteiger charge is -2.57. The fourth-order valence-electron chi connectivity index (χ4n) is 5.09. The van der Waals surface area contributed by atoms with Crippen LogP contribution in [0.4, 0.5) is 5.69 Å². The van der Waals surface area contributed by atoms with Gasteiger partial charge in [0.1, 0.15) is 0 Å². The maximum atomic E-state index is 5.99. The van der Waals surface area contributed by atoms with Gasteiger partial charge in [-0.2, -0.15) is 0 Å². The van der Waals surface area contributed by atoms with Crippen molar-refractivity contribution in [2.24, 2.45) is 17.8 Å². The summed E-state index contributed by atoms with van der Waals surface area (Å²) in [5.41, 5.74) is 7.42. The van der Waals surface area contributed by atoms with Crippen LogP contribution >= 0.6 is 11.3 Å². The van der Waals surface area contributed by atoms with Crippen LogP contribution in [0, 0.1) is 17.8 Å². The molecule has 0 amide bonds. The Balaban J connectivity index is 1.49. The fourth-order valence-corrected chi connectivity index (χ4v) is 5.83. The molecule has 18 heavy (non-hydrogen) atoms. The standard InChI is InChI=1S/C15H22N2S/c16-13-1-2-18-14(13)9-17-15-6-10-3-11(7-15)5-12(4-10)8-15/h1-2,10-12,17H,3-9,16H2. The van der Waals surface area contributed by atoms with Gasteiger partial charge in [0.15, 0.2) is 0 Å². The quantitative estimate of drug-likeness (QED) is 0.876. The molecule has 4 fully saturated rings. The number of rotatable bonds is 3. The molecule has 3 heteroatoms. The van der Waals surface area contributed by atoms with Crippen LogP contribution in [0.1, 0.15) is 43.4 Å². The Kier molecular flexibility index (Phi) is 2.50. The normalized spacial score (nSPS) is 41.4. The zero-order valence-electron chi connectivity index (χ0n) is 10.8. The molecule has 1 heterocycles. The SMILES string of the molecule is Nc1ccsc1CNC12CC3CC(CC(C3)C1)C2. The van der Waals surface area contributed by atoms with Crippen LogP contribution in [0.5, 0.6) is 0 Å². The Hall–Kier alpha value is -0.540. The molecule has 0 radical (unpaired) electrons. The highest BCUT2D eigenvalue weighted by molar-refractivity contribution is 7.10. The van der Waals surface area contributed by atoms with E-state index in [9.17, 15) is 0 Å². The molecule has 0 unspecified atom stereocenters. The monoisotopic (exact) mass is 262 g/mol. The van der Waals surface area contributed by atoms with Crippen LogP contribution in [-0.4, -0.2) is 5.54 Å². The summed E-state index contributed by atoms with van der Waals surface area (Å²) >= 11 is 1.79. The second-order valence-corrected chi connectivity index (χ2v) is 7.85. The number of hydrogen-bond donors (Lipinski definition) is 2. The van der Waals surface area contributed by atoms with E-state index in [-0.39, 0.29) is 0 Å². The Labute approximate surface area is 113 Å². The predicted molar refractivity (Wildman–Crippen MR) is 76.5 cm³/mol. The summed E-state index contributed by atoms with van der Waals surface area (Å²) < 4.78 is 0. The number of nitrogens with two attached hydrogens (primary N) is 1. The molecule has 4 aliphatic rings. The van der Waals surface area contributed by atoms with Crippen molar-refractivity contribution in [3.05, 3.63) is 16.3 Å². The molecule has 4 aliphatic carbocycles. The Morgan fingerprint density at radius 1 is 1.17 bits per heavy atom. The molecule has 0 aliphatic heterocycles. The smallest absolute Gasteiger partial charge is 0.0468 e.